The molecule has 4 heterocycles. The first-order chi connectivity index (χ1) is 32.5. The zero-order valence-corrected chi connectivity index (χ0v) is 42.1. The predicted molar refractivity (Wildman–Crippen MR) is 298 cm³/mol. The van der Waals surface area contributed by atoms with Crippen molar-refractivity contribution in [3.63, 3.8) is 0 Å². The van der Waals surface area contributed by atoms with Crippen LogP contribution >= 0.6 is 22.7 Å². The Kier molecular flexibility index (Phi) is 8.15. The van der Waals surface area contributed by atoms with Gasteiger partial charge in [0.05, 0.1) is 5.52 Å². The molecule has 5 heteroatoms. The molecule has 0 saturated heterocycles. The van der Waals surface area contributed by atoms with Crippen LogP contribution in [0.2, 0.25) is 0 Å². The van der Waals surface area contributed by atoms with Gasteiger partial charge in [0.1, 0.15) is 0 Å². The molecule has 0 atom stereocenters. The van der Waals surface area contributed by atoms with Crippen molar-refractivity contribution in [1.82, 2.24) is 4.57 Å². The number of hydrogen-bond acceptors (Lipinski definition) is 3. The van der Waals surface area contributed by atoms with Crippen LogP contribution in [-0.2, 0) is 21.7 Å². The smallest absolute Gasteiger partial charge is 0.197 e. The summed E-state index contributed by atoms with van der Waals surface area (Å²) in [6.07, 6.45) is 2.40. The summed E-state index contributed by atoms with van der Waals surface area (Å²) in [7, 11) is 2.52. The minimum absolute atomic E-state index is 0.0706. The van der Waals surface area contributed by atoms with E-state index in [4.69, 9.17) is 0 Å². The van der Waals surface area contributed by atoms with Gasteiger partial charge in [0.2, 0.25) is 0 Å². The predicted octanol–water partition coefficient (Wildman–Crippen LogP) is 16.9. The molecule has 3 aromatic heterocycles. The number of fused-ring (bicyclic) bond motifs is 15. The van der Waals surface area contributed by atoms with Crippen molar-refractivity contribution in [1.29, 1.82) is 0 Å². The minimum Gasteiger partial charge on any atom is -0.355 e. The van der Waals surface area contributed by atoms with E-state index < -0.39 is 0 Å². The molecule has 2 nitrogen and oxygen atoms in total. The summed E-state index contributed by atoms with van der Waals surface area (Å²) < 4.78 is 7.94. The lowest BCUT2D eigenvalue weighted by molar-refractivity contribution is 0.331. The number of aromatic nitrogens is 1. The Hall–Kier alpha value is -6.14. The fraction of sp³-hybridized carbons (Fsp3) is 0.238. The van der Waals surface area contributed by atoms with Crippen LogP contribution in [0, 0.1) is 0 Å². The van der Waals surface area contributed by atoms with Crippen molar-refractivity contribution in [2.24, 2.45) is 0 Å². The number of anilines is 2. The van der Waals surface area contributed by atoms with E-state index in [1.54, 1.807) is 0 Å². The Bertz CT molecular complexity index is 4030. The van der Waals surface area contributed by atoms with Crippen molar-refractivity contribution >= 4 is 114 Å². The first-order valence-electron chi connectivity index (χ1n) is 24.5. The van der Waals surface area contributed by atoms with Crippen LogP contribution in [0.1, 0.15) is 103 Å². The molecule has 11 aromatic rings. The van der Waals surface area contributed by atoms with Crippen molar-refractivity contribution in [3.05, 3.63) is 161 Å². The Morgan fingerprint density at radius 3 is 1.82 bits per heavy atom. The first-order valence-corrected chi connectivity index (χ1v) is 26.2. The molecule has 0 bridgehead atoms. The molecule has 331 valence electrons. The maximum absolute atomic E-state index is 4.06. The fourth-order valence-electron chi connectivity index (χ4n) is 12.6. The molecule has 1 aliphatic heterocycles. The third-order valence-electron chi connectivity index (χ3n) is 16.6. The van der Waals surface area contributed by atoms with Crippen LogP contribution in [-0.4, -0.2) is 11.8 Å². The number of rotatable bonds is 3. The standard InChI is InChI=1S/C63H54BN2S2/c1-60(2,3)34-18-20-35(21-19-34)65-51-31-47-40(41-28-48-49(30-46(41)63(47,8)9)62(6,7)25-24-61(48,4)5)26-42(51)38-22-23-39-43-27-44-36-14-10-12-16-54(36)67-56(44)32-52(43)66-53-33-57-45(29-50(53)64-58(38)59(39)66)37-15-11-13-17-55(37)68-57/h10-23,26-33,65H,24-25H2,1-9H3. The highest BCUT2D eigenvalue weighted by molar-refractivity contribution is 7.26. The van der Waals surface area contributed by atoms with Gasteiger partial charge in [-0.3, -0.25) is 0 Å². The molecule has 0 spiro atoms. The van der Waals surface area contributed by atoms with Crippen LogP contribution in [0.4, 0.5) is 11.4 Å². The first kappa shape index (κ1) is 40.9. The second-order valence-corrected chi connectivity index (χ2v) is 25.3. The van der Waals surface area contributed by atoms with Gasteiger partial charge in [-0.25, -0.2) is 0 Å². The Labute approximate surface area is 407 Å². The Morgan fingerprint density at radius 1 is 0.515 bits per heavy atom. The van der Waals surface area contributed by atoms with Gasteiger partial charge in [0.15, 0.2) is 7.28 Å². The number of nitrogens with one attached hydrogen (secondary N) is 1. The van der Waals surface area contributed by atoms with Gasteiger partial charge in [-0.1, -0.05) is 141 Å². The molecular weight excluding hydrogens is 860 g/mol. The fourth-order valence-corrected chi connectivity index (χ4v) is 14.8. The number of nitrogens with zero attached hydrogens (tertiary/aromatic N) is 1. The van der Waals surface area contributed by atoms with E-state index in [9.17, 15) is 0 Å². The van der Waals surface area contributed by atoms with Gasteiger partial charge in [-0.15, -0.1) is 22.7 Å². The lowest BCUT2D eigenvalue weighted by atomic mass is 9.59. The lowest BCUT2D eigenvalue weighted by Gasteiger charge is -2.42. The van der Waals surface area contributed by atoms with E-state index in [0.29, 0.717) is 0 Å². The van der Waals surface area contributed by atoms with E-state index >= 15 is 0 Å². The van der Waals surface area contributed by atoms with Crippen molar-refractivity contribution < 1.29 is 0 Å². The highest BCUT2D eigenvalue weighted by atomic mass is 32.1. The summed E-state index contributed by atoms with van der Waals surface area (Å²) in [5, 5.41) is 12.0. The summed E-state index contributed by atoms with van der Waals surface area (Å²) >= 11 is 3.81. The number of thiophene rings is 2. The highest BCUT2D eigenvalue weighted by Gasteiger charge is 2.43. The Balaban J connectivity index is 1.06. The van der Waals surface area contributed by atoms with E-state index in [0.717, 1.165) is 11.4 Å². The van der Waals surface area contributed by atoms with E-state index in [1.807, 2.05) is 22.7 Å². The molecule has 0 unspecified atom stereocenters. The largest absolute Gasteiger partial charge is 0.355 e. The molecular formula is C63H54BN2S2. The molecule has 2 aliphatic carbocycles. The number of benzene rings is 8. The van der Waals surface area contributed by atoms with Gasteiger partial charge in [-0.05, 0) is 145 Å². The Morgan fingerprint density at radius 2 is 1.13 bits per heavy atom. The van der Waals surface area contributed by atoms with Gasteiger partial charge in [0, 0.05) is 79.3 Å². The quantitative estimate of drug-likeness (QED) is 0.175. The monoisotopic (exact) mass is 913 g/mol. The average Bonchev–Trinajstić information content (AvgIpc) is 4.02. The van der Waals surface area contributed by atoms with Crippen LogP contribution in [0.3, 0.4) is 0 Å². The van der Waals surface area contributed by atoms with Gasteiger partial charge in [0.25, 0.3) is 0 Å². The second-order valence-electron chi connectivity index (χ2n) is 23.1. The highest BCUT2D eigenvalue weighted by Crippen LogP contribution is 2.56. The minimum atomic E-state index is -0.177. The average molecular weight is 914 g/mol. The normalized spacial score (nSPS) is 16.4. The number of hydrogen-bond donors (Lipinski definition) is 1. The molecule has 0 saturated carbocycles. The van der Waals surface area contributed by atoms with E-state index in [1.165, 1.54) is 142 Å². The van der Waals surface area contributed by atoms with Crippen LogP contribution < -0.4 is 16.2 Å². The van der Waals surface area contributed by atoms with Gasteiger partial charge >= 0.3 is 0 Å². The van der Waals surface area contributed by atoms with Crippen molar-refractivity contribution in [2.75, 3.05) is 5.32 Å². The summed E-state index contributed by atoms with van der Waals surface area (Å²) in [4.78, 5) is 0. The zero-order valence-electron chi connectivity index (χ0n) is 40.5. The van der Waals surface area contributed by atoms with Crippen LogP contribution in [0.15, 0.2) is 133 Å². The SMILES string of the molecule is CC(C)(C)c1ccc(Nc2cc3c(cc2-c2ccc4c5cc6c(cc5n5c4c2[B]c2cc4c(cc2-5)sc2ccccc24)sc2ccccc26)-c2cc4c(cc2C3(C)C)C(C)(C)CCC4(C)C)cc1. The summed E-state index contributed by atoms with van der Waals surface area (Å²) in [5.41, 5.74) is 21.2. The summed E-state index contributed by atoms with van der Waals surface area (Å²) in [6, 6.07) is 52.0. The third-order valence-corrected chi connectivity index (χ3v) is 18.9. The molecule has 0 fully saturated rings. The maximum Gasteiger partial charge on any atom is 0.197 e. The lowest BCUT2D eigenvalue weighted by Crippen LogP contribution is -2.37. The van der Waals surface area contributed by atoms with E-state index in [2.05, 4.69) is 213 Å². The topological polar surface area (TPSA) is 17.0 Å². The molecule has 1 radical (unpaired) electrons. The molecule has 8 aromatic carbocycles. The summed E-state index contributed by atoms with van der Waals surface area (Å²) in [5.74, 6) is 0. The van der Waals surface area contributed by atoms with Gasteiger partial charge in [-0.2, -0.15) is 0 Å². The van der Waals surface area contributed by atoms with E-state index in [-0.39, 0.29) is 21.7 Å². The zero-order chi connectivity index (χ0) is 46.4. The molecule has 68 heavy (non-hydrogen) atoms. The van der Waals surface area contributed by atoms with Crippen LogP contribution in [0.5, 0.6) is 0 Å². The molecule has 1 N–H and O–H groups in total. The maximum atomic E-state index is 4.06. The molecule has 14 rings (SSSR count). The summed E-state index contributed by atoms with van der Waals surface area (Å²) in [6.45, 7) is 21.6. The second kappa shape index (κ2) is 13.6. The van der Waals surface area contributed by atoms with Gasteiger partial charge < -0.3 is 9.88 Å². The molecule has 3 aliphatic rings. The molecule has 0 amide bonds. The third kappa shape index (κ3) is 5.64. The van der Waals surface area contributed by atoms with Crippen molar-refractivity contribution in [2.45, 2.75) is 96.8 Å². The van der Waals surface area contributed by atoms with Crippen molar-refractivity contribution in [3.8, 4) is 27.9 Å². The van der Waals surface area contributed by atoms with Crippen LogP contribution in [0.25, 0.3) is 90.1 Å².